The zero-order valence-corrected chi connectivity index (χ0v) is 12.4. The lowest BCUT2D eigenvalue weighted by molar-refractivity contribution is 0.705. The molecule has 0 saturated carbocycles. The van der Waals surface area contributed by atoms with Crippen molar-refractivity contribution in [3.63, 3.8) is 0 Å². The molecule has 4 nitrogen and oxygen atoms in total. The second-order valence-corrected chi connectivity index (χ2v) is 4.45. The van der Waals surface area contributed by atoms with Gasteiger partial charge in [0.1, 0.15) is 0 Å². The fraction of sp³-hybridized carbons (Fsp3) is 0.714. The summed E-state index contributed by atoms with van der Waals surface area (Å²) in [6, 6.07) is 0. The predicted molar refractivity (Wildman–Crippen MR) is 77.3 cm³/mol. The van der Waals surface area contributed by atoms with Crippen molar-refractivity contribution in [3.05, 3.63) is 17.0 Å². The Balaban J connectivity index is 2.89. The van der Waals surface area contributed by atoms with Crippen LogP contribution in [0.5, 0.6) is 0 Å². The van der Waals surface area contributed by atoms with E-state index in [0.717, 1.165) is 49.9 Å². The maximum Gasteiger partial charge on any atom is 0.225 e. The summed E-state index contributed by atoms with van der Waals surface area (Å²) in [6.07, 6.45) is 1.00. The van der Waals surface area contributed by atoms with Crippen LogP contribution in [0.2, 0.25) is 0 Å². The van der Waals surface area contributed by atoms with Crippen LogP contribution in [0.15, 0.2) is 0 Å². The topological polar surface area (TPSA) is 41.1 Å². The van der Waals surface area contributed by atoms with Gasteiger partial charge in [0.2, 0.25) is 5.95 Å². The first-order valence-electron chi connectivity index (χ1n) is 6.93. The van der Waals surface area contributed by atoms with Gasteiger partial charge in [-0.3, -0.25) is 0 Å². The third-order valence-corrected chi connectivity index (χ3v) is 3.26. The van der Waals surface area contributed by atoms with Gasteiger partial charge in [-0.1, -0.05) is 6.92 Å². The summed E-state index contributed by atoms with van der Waals surface area (Å²) < 4.78 is 0. The molecule has 0 bridgehead atoms. The van der Waals surface area contributed by atoms with Crippen LogP contribution in [0.25, 0.3) is 0 Å². The van der Waals surface area contributed by atoms with Crippen molar-refractivity contribution in [2.24, 2.45) is 0 Å². The van der Waals surface area contributed by atoms with Crippen LogP contribution < -0.4 is 10.2 Å². The largest absolute Gasteiger partial charge is 0.341 e. The molecule has 1 aromatic heterocycles. The van der Waals surface area contributed by atoms with Crippen molar-refractivity contribution in [1.82, 2.24) is 15.3 Å². The molecule has 0 spiro atoms. The van der Waals surface area contributed by atoms with E-state index in [0.29, 0.717) is 0 Å². The molecule has 1 rings (SSSR count). The Kier molecular flexibility index (Phi) is 6.05. The number of aromatic nitrogens is 2. The summed E-state index contributed by atoms with van der Waals surface area (Å²) in [6.45, 7) is 14.5. The maximum atomic E-state index is 4.64. The molecule has 0 atom stereocenters. The normalized spacial score (nSPS) is 10.7. The average molecular weight is 250 g/mol. The Morgan fingerprint density at radius 1 is 1.00 bits per heavy atom. The molecule has 0 aromatic carbocycles. The van der Waals surface area contributed by atoms with Crippen molar-refractivity contribution in [2.75, 3.05) is 31.1 Å². The molecule has 1 aromatic rings. The van der Waals surface area contributed by atoms with Gasteiger partial charge < -0.3 is 10.2 Å². The number of likely N-dealkylation sites (N-methyl/N-ethyl adjacent to an activating group) is 1. The zero-order valence-electron chi connectivity index (χ0n) is 12.4. The Bertz CT molecular complexity index is 349. The summed E-state index contributed by atoms with van der Waals surface area (Å²) >= 11 is 0. The van der Waals surface area contributed by atoms with E-state index < -0.39 is 0 Å². The van der Waals surface area contributed by atoms with Crippen LogP contribution in [0, 0.1) is 13.8 Å². The molecule has 0 aliphatic heterocycles. The minimum Gasteiger partial charge on any atom is -0.341 e. The number of rotatable bonds is 7. The number of hydrogen-bond acceptors (Lipinski definition) is 4. The molecular weight excluding hydrogens is 224 g/mol. The second kappa shape index (κ2) is 7.31. The molecule has 0 radical (unpaired) electrons. The van der Waals surface area contributed by atoms with Crippen LogP contribution in [-0.4, -0.2) is 36.1 Å². The summed E-state index contributed by atoms with van der Waals surface area (Å²) in [5.74, 6) is 0.863. The van der Waals surface area contributed by atoms with Crippen LogP contribution in [0.4, 0.5) is 5.95 Å². The molecule has 0 unspecified atom stereocenters. The van der Waals surface area contributed by atoms with Crippen LogP contribution in [0.3, 0.4) is 0 Å². The van der Waals surface area contributed by atoms with Crippen molar-refractivity contribution >= 4 is 5.95 Å². The van der Waals surface area contributed by atoms with E-state index in [1.165, 1.54) is 5.56 Å². The fourth-order valence-corrected chi connectivity index (χ4v) is 2.12. The zero-order chi connectivity index (χ0) is 13.5. The first-order valence-corrected chi connectivity index (χ1v) is 6.93. The van der Waals surface area contributed by atoms with Crippen LogP contribution in [-0.2, 0) is 6.42 Å². The highest BCUT2D eigenvalue weighted by molar-refractivity contribution is 5.36. The first-order chi connectivity index (χ1) is 8.63. The molecule has 0 aliphatic rings. The minimum atomic E-state index is 0.863. The smallest absolute Gasteiger partial charge is 0.225 e. The number of hydrogen-bond donors (Lipinski definition) is 1. The van der Waals surface area contributed by atoms with Crippen molar-refractivity contribution < 1.29 is 0 Å². The Morgan fingerprint density at radius 2 is 1.56 bits per heavy atom. The Hall–Kier alpha value is -1.16. The Labute approximate surface area is 111 Å². The van der Waals surface area contributed by atoms with E-state index in [-0.39, 0.29) is 0 Å². The van der Waals surface area contributed by atoms with Gasteiger partial charge >= 0.3 is 0 Å². The molecule has 0 aliphatic carbocycles. The number of nitrogens with one attached hydrogen (secondary N) is 1. The molecule has 102 valence electrons. The summed E-state index contributed by atoms with van der Waals surface area (Å²) in [5.41, 5.74) is 3.51. The minimum absolute atomic E-state index is 0.863. The highest BCUT2D eigenvalue weighted by Gasteiger charge is 2.11. The second-order valence-electron chi connectivity index (χ2n) is 4.45. The van der Waals surface area contributed by atoms with Gasteiger partial charge in [0, 0.05) is 24.5 Å². The van der Waals surface area contributed by atoms with Gasteiger partial charge in [-0.15, -0.1) is 0 Å². The standard InChI is InChI=1S/C14H26N4/c1-6-15-10-9-13-11(4)16-14(17-12(13)5)18(7-2)8-3/h15H,6-10H2,1-5H3. The van der Waals surface area contributed by atoms with E-state index in [1.807, 2.05) is 0 Å². The van der Waals surface area contributed by atoms with Crippen molar-refractivity contribution in [2.45, 2.75) is 41.0 Å². The van der Waals surface area contributed by atoms with E-state index in [4.69, 9.17) is 0 Å². The lowest BCUT2D eigenvalue weighted by Gasteiger charge is -2.20. The maximum absolute atomic E-state index is 4.64. The number of anilines is 1. The molecular formula is C14H26N4. The lowest BCUT2D eigenvalue weighted by Crippen LogP contribution is -2.25. The van der Waals surface area contributed by atoms with E-state index >= 15 is 0 Å². The van der Waals surface area contributed by atoms with Gasteiger partial charge in [-0.25, -0.2) is 9.97 Å². The highest BCUT2D eigenvalue weighted by Crippen LogP contribution is 2.15. The summed E-state index contributed by atoms with van der Waals surface area (Å²) in [4.78, 5) is 11.5. The summed E-state index contributed by atoms with van der Waals surface area (Å²) in [5, 5.41) is 3.34. The highest BCUT2D eigenvalue weighted by atomic mass is 15.2. The van der Waals surface area contributed by atoms with Crippen molar-refractivity contribution in [1.29, 1.82) is 0 Å². The summed E-state index contributed by atoms with van der Waals surface area (Å²) in [7, 11) is 0. The van der Waals surface area contributed by atoms with Gasteiger partial charge in [0.25, 0.3) is 0 Å². The van der Waals surface area contributed by atoms with Crippen molar-refractivity contribution in [3.8, 4) is 0 Å². The first kappa shape index (κ1) is 14.9. The molecule has 4 heteroatoms. The number of aryl methyl sites for hydroxylation is 2. The van der Waals surface area contributed by atoms with Crippen LogP contribution in [0.1, 0.15) is 37.7 Å². The molecule has 1 heterocycles. The molecule has 0 saturated heterocycles. The molecule has 0 fully saturated rings. The van der Waals surface area contributed by atoms with Gasteiger partial charge in [-0.05, 0) is 52.8 Å². The van der Waals surface area contributed by atoms with Gasteiger partial charge in [-0.2, -0.15) is 0 Å². The number of nitrogens with zero attached hydrogens (tertiary/aromatic N) is 3. The van der Waals surface area contributed by atoms with E-state index in [1.54, 1.807) is 0 Å². The molecule has 0 amide bonds. The van der Waals surface area contributed by atoms with Crippen LogP contribution >= 0.6 is 0 Å². The average Bonchev–Trinajstić information content (AvgIpc) is 2.34. The third-order valence-electron chi connectivity index (χ3n) is 3.26. The molecule has 18 heavy (non-hydrogen) atoms. The van der Waals surface area contributed by atoms with Gasteiger partial charge in [0.15, 0.2) is 0 Å². The third kappa shape index (κ3) is 3.67. The predicted octanol–water partition coefficient (Wildman–Crippen LogP) is 2.09. The van der Waals surface area contributed by atoms with E-state index in [9.17, 15) is 0 Å². The van der Waals surface area contributed by atoms with E-state index in [2.05, 4.69) is 54.8 Å². The quantitative estimate of drug-likeness (QED) is 0.752. The Morgan fingerprint density at radius 3 is 2.00 bits per heavy atom. The fourth-order valence-electron chi connectivity index (χ4n) is 2.12. The molecule has 1 N–H and O–H groups in total. The monoisotopic (exact) mass is 250 g/mol. The SMILES string of the molecule is CCNCCc1c(C)nc(N(CC)CC)nc1C. The lowest BCUT2D eigenvalue weighted by atomic mass is 10.1. The van der Waals surface area contributed by atoms with Gasteiger partial charge in [0.05, 0.1) is 0 Å².